The summed E-state index contributed by atoms with van der Waals surface area (Å²) >= 11 is 5.85. The number of benzene rings is 1. The van der Waals surface area contributed by atoms with Gasteiger partial charge in [-0.3, -0.25) is 5.32 Å². The maximum absolute atomic E-state index is 5.85. The third-order valence-electron chi connectivity index (χ3n) is 3.10. The molecule has 0 radical (unpaired) electrons. The standard InChI is InChI=1S/C15H14ClN3O2/c1-10(13-3-2-8-20-13)17-9-14-18-15(19-21-14)11-4-6-12(16)7-5-11/h2-8,10,17H,9H2,1H3/t10-/m1/s1. The molecule has 0 aliphatic carbocycles. The number of aromatic nitrogens is 2. The largest absolute Gasteiger partial charge is 0.468 e. The second-order valence-electron chi connectivity index (χ2n) is 4.64. The third kappa shape index (κ3) is 3.32. The average Bonchev–Trinajstić information content (AvgIpc) is 3.17. The van der Waals surface area contributed by atoms with E-state index in [1.54, 1.807) is 18.4 Å². The molecular formula is C15H14ClN3O2. The molecule has 3 rings (SSSR count). The van der Waals surface area contributed by atoms with Crippen molar-refractivity contribution in [1.29, 1.82) is 0 Å². The maximum atomic E-state index is 5.85. The van der Waals surface area contributed by atoms with Gasteiger partial charge in [0.2, 0.25) is 11.7 Å². The van der Waals surface area contributed by atoms with Crippen molar-refractivity contribution in [2.75, 3.05) is 0 Å². The number of nitrogens with zero attached hydrogens (tertiary/aromatic N) is 2. The topological polar surface area (TPSA) is 64.1 Å². The second kappa shape index (κ2) is 6.11. The summed E-state index contributed by atoms with van der Waals surface area (Å²) in [6.45, 7) is 2.48. The zero-order valence-electron chi connectivity index (χ0n) is 11.4. The van der Waals surface area contributed by atoms with Gasteiger partial charge >= 0.3 is 0 Å². The zero-order valence-corrected chi connectivity index (χ0v) is 12.2. The number of hydrogen-bond donors (Lipinski definition) is 1. The van der Waals surface area contributed by atoms with Crippen LogP contribution in [0.15, 0.2) is 51.6 Å². The van der Waals surface area contributed by atoms with Crippen LogP contribution in [0.1, 0.15) is 24.6 Å². The van der Waals surface area contributed by atoms with Gasteiger partial charge in [-0.15, -0.1) is 0 Å². The molecule has 21 heavy (non-hydrogen) atoms. The highest BCUT2D eigenvalue weighted by molar-refractivity contribution is 6.30. The zero-order chi connectivity index (χ0) is 14.7. The van der Waals surface area contributed by atoms with Crippen molar-refractivity contribution in [3.8, 4) is 11.4 Å². The minimum atomic E-state index is 0.0749. The van der Waals surface area contributed by atoms with Crippen LogP contribution < -0.4 is 5.32 Å². The van der Waals surface area contributed by atoms with Crippen molar-refractivity contribution in [1.82, 2.24) is 15.5 Å². The summed E-state index contributed by atoms with van der Waals surface area (Å²) in [5.41, 5.74) is 0.869. The van der Waals surface area contributed by atoms with Crippen LogP contribution in [-0.4, -0.2) is 10.1 Å². The second-order valence-corrected chi connectivity index (χ2v) is 5.07. The van der Waals surface area contributed by atoms with Gasteiger partial charge in [0.15, 0.2) is 0 Å². The third-order valence-corrected chi connectivity index (χ3v) is 3.35. The molecule has 2 aromatic heterocycles. The van der Waals surface area contributed by atoms with Crippen LogP contribution in [0.2, 0.25) is 5.02 Å². The first-order valence-electron chi connectivity index (χ1n) is 6.57. The normalized spacial score (nSPS) is 12.5. The van der Waals surface area contributed by atoms with E-state index in [1.807, 2.05) is 31.2 Å². The molecule has 1 N–H and O–H groups in total. The van der Waals surface area contributed by atoms with E-state index in [1.165, 1.54) is 0 Å². The molecule has 108 valence electrons. The van der Waals surface area contributed by atoms with E-state index in [-0.39, 0.29) is 6.04 Å². The van der Waals surface area contributed by atoms with Crippen LogP contribution in [0.5, 0.6) is 0 Å². The lowest BCUT2D eigenvalue weighted by atomic mass is 10.2. The van der Waals surface area contributed by atoms with Crippen LogP contribution in [0.4, 0.5) is 0 Å². The molecule has 0 fully saturated rings. The van der Waals surface area contributed by atoms with Crippen molar-refractivity contribution >= 4 is 11.6 Å². The van der Waals surface area contributed by atoms with E-state index in [9.17, 15) is 0 Å². The Balaban J connectivity index is 1.64. The van der Waals surface area contributed by atoms with E-state index < -0.39 is 0 Å². The van der Waals surface area contributed by atoms with Gasteiger partial charge in [-0.1, -0.05) is 16.8 Å². The predicted octanol–water partition coefficient (Wildman–Crippen LogP) is 3.83. The molecule has 6 heteroatoms. The number of nitrogens with one attached hydrogen (secondary N) is 1. The molecule has 0 saturated heterocycles. The summed E-state index contributed by atoms with van der Waals surface area (Å²) in [6.07, 6.45) is 1.65. The fourth-order valence-electron chi connectivity index (χ4n) is 1.92. The van der Waals surface area contributed by atoms with Gasteiger partial charge < -0.3 is 8.94 Å². The van der Waals surface area contributed by atoms with Crippen molar-refractivity contribution in [3.63, 3.8) is 0 Å². The molecular weight excluding hydrogens is 290 g/mol. The summed E-state index contributed by atoms with van der Waals surface area (Å²) in [7, 11) is 0. The number of furan rings is 1. The Bertz CT molecular complexity index is 692. The minimum Gasteiger partial charge on any atom is -0.468 e. The first-order chi connectivity index (χ1) is 10.2. The Hall–Kier alpha value is -2.11. The Labute approximate surface area is 126 Å². The van der Waals surface area contributed by atoms with Crippen molar-refractivity contribution in [2.24, 2.45) is 0 Å². The SMILES string of the molecule is C[C@@H](NCc1nc(-c2ccc(Cl)cc2)no1)c1ccco1. The smallest absolute Gasteiger partial charge is 0.240 e. The average molecular weight is 304 g/mol. The lowest BCUT2D eigenvalue weighted by Crippen LogP contribution is -2.17. The molecule has 0 aliphatic rings. The highest BCUT2D eigenvalue weighted by Crippen LogP contribution is 2.19. The minimum absolute atomic E-state index is 0.0749. The molecule has 0 aliphatic heterocycles. The van der Waals surface area contributed by atoms with Gasteiger partial charge in [0.1, 0.15) is 5.76 Å². The van der Waals surface area contributed by atoms with Gasteiger partial charge in [0.05, 0.1) is 18.8 Å². The number of halogens is 1. The van der Waals surface area contributed by atoms with Crippen molar-refractivity contribution < 1.29 is 8.94 Å². The molecule has 0 bridgehead atoms. The fourth-order valence-corrected chi connectivity index (χ4v) is 2.05. The first kappa shape index (κ1) is 13.9. The molecule has 5 nitrogen and oxygen atoms in total. The quantitative estimate of drug-likeness (QED) is 0.776. The molecule has 0 spiro atoms. The molecule has 1 aromatic carbocycles. The van der Waals surface area contributed by atoms with E-state index in [0.29, 0.717) is 23.3 Å². The van der Waals surface area contributed by atoms with Gasteiger partial charge in [-0.05, 0) is 43.3 Å². The monoisotopic (exact) mass is 303 g/mol. The van der Waals surface area contributed by atoms with Gasteiger partial charge in [-0.25, -0.2) is 0 Å². The van der Waals surface area contributed by atoms with Crippen LogP contribution in [0.3, 0.4) is 0 Å². The van der Waals surface area contributed by atoms with Gasteiger partial charge in [0.25, 0.3) is 0 Å². The molecule has 1 atom stereocenters. The molecule has 0 unspecified atom stereocenters. The van der Waals surface area contributed by atoms with Gasteiger partial charge in [-0.2, -0.15) is 4.98 Å². The Kier molecular flexibility index (Phi) is 4.03. The molecule has 2 heterocycles. The maximum Gasteiger partial charge on any atom is 0.240 e. The van der Waals surface area contributed by atoms with E-state index in [2.05, 4.69) is 15.5 Å². The van der Waals surface area contributed by atoms with Crippen molar-refractivity contribution in [2.45, 2.75) is 19.5 Å². The molecule has 0 amide bonds. The number of hydrogen-bond acceptors (Lipinski definition) is 5. The lowest BCUT2D eigenvalue weighted by molar-refractivity contribution is 0.350. The summed E-state index contributed by atoms with van der Waals surface area (Å²) < 4.78 is 10.6. The van der Waals surface area contributed by atoms with Crippen molar-refractivity contribution in [3.05, 3.63) is 59.3 Å². The molecule has 3 aromatic rings. The summed E-state index contributed by atoms with van der Waals surface area (Å²) in [5.74, 6) is 1.94. The molecule has 0 saturated carbocycles. The highest BCUT2D eigenvalue weighted by atomic mass is 35.5. The summed E-state index contributed by atoms with van der Waals surface area (Å²) in [6, 6.07) is 11.2. The Morgan fingerprint density at radius 3 is 2.76 bits per heavy atom. The van der Waals surface area contributed by atoms with E-state index >= 15 is 0 Å². The van der Waals surface area contributed by atoms with Crippen LogP contribution >= 0.6 is 11.6 Å². The lowest BCUT2D eigenvalue weighted by Gasteiger charge is -2.08. The number of rotatable bonds is 5. The Morgan fingerprint density at radius 1 is 1.24 bits per heavy atom. The van der Waals surface area contributed by atoms with E-state index in [4.69, 9.17) is 20.5 Å². The van der Waals surface area contributed by atoms with Gasteiger partial charge in [0, 0.05) is 10.6 Å². The Morgan fingerprint density at radius 2 is 2.05 bits per heavy atom. The fraction of sp³-hybridized carbons (Fsp3) is 0.200. The van der Waals surface area contributed by atoms with Crippen LogP contribution in [-0.2, 0) is 6.54 Å². The van der Waals surface area contributed by atoms with Crippen LogP contribution in [0, 0.1) is 0 Å². The first-order valence-corrected chi connectivity index (χ1v) is 6.95. The summed E-state index contributed by atoms with van der Waals surface area (Å²) in [5, 5.41) is 7.91. The van der Waals surface area contributed by atoms with E-state index in [0.717, 1.165) is 11.3 Å². The van der Waals surface area contributed by atoms with Crippen LogP contribution in [0.25, 0.3) is 11.4 Å². The highest BCUT2D eigenvalue weighted by Gasteiger charge is 2.12. The summed E-state index contributed by atoms with van der Waals surface area (Å²) in [4.78, 5) is 4.35. The predicted molar refractivity (Wildman–Crippen MR) is 78.7 cm³/mol.